The first kappa shape index (κ1) is 23.7. The topological polar surface area (TPSA) is 65.7 Å². The van der Waals surface area contributed by atoms with Crippen LogP contribution in [0.25, 0.3) is 0 Å². The number of halogens is 4. The van der Waals surface area contributed by atoms with E-state index in [1.165, 1.54) is 24.1 Å². The summed E-state index contributed by atoms with van der Waals surface area (Å²) >= 11 is 7.43. The molecule has 0 spiro atoms. The number of fused-ring (bicyclic) bond motifs is 2. The fraction of sp³-hybridized carbons (Fsp3) is 0.478. The molecule has 1 amide bonds. The van der Waals surface area contributed by atoms with E-state index in [0.29, 0.717) is 30.9 Å². The molecule has 6 nitrogen and oxygen atoms in total. The number of amides is 1. The number of hydrogen-bond acceptors (Lipinski definition) is 6. The molecule has 2 aromatic rings. The molecule has 182 valence electrons. The van der Waals surface area contributed by atoms with Gasteiger partial charge in [-0.05, 0) is 55.1 Å². The zero-order valence-electron chi connectivity index (χ0n) is 18.4. The third kappa shape index (κ3) is 4.73. The van der Waals surface area contributed by atoms with Crippen LogP contribution in [0.5, 0.6) is 0 Å². The maximum atomic E-state index is 13.6. The van der Waals surface area contributed by atoms with Gasteiger partial charge in [-0.3, -0.25) is 4.79 Å². The predicted molar refractivity (Wildman–Crippen MR) is 126 cm³/mol. The molecule has 4 heterocycles. The molecule has 2 unspecified atom stereocenters. The summed E-state index contributed by atoms with van der Waals surface area (Å²) in [6, 6.07) is 7.72. The number of alkyl halides is 2. The zero-order chi connectivity index (χ0) is 24.0. The lowest BCUT2D eigenvalue weighted by Crippen LogP contribution is -2.55. The predicted octanol–water partition coefficient (Wildman–Crippen LogP) is 4.17. The van der Waals surface area contributed by atoms with Crippen LogP contribution in [0.1, 0.15) is 35.3 Å². The van der Waals surface area contributed by atoms with Gasteiger partial charge in [-0.2, -0.15) is 0 Å². The molecule has 5 rings (SSSR count). The smallest absolute Gasteiger partial charge is 0.262 e. The van der Waals surface area contributed by atoms with Crippen LogP contribution < -0.4 is 10.6 Å². The van der Waals surface area contributed by atoms with Crippen molar-refractivity contribution < 1.29 is 18.0 Å². The first-order chi connectivity index (χ1) is 16.2. The monoisotopic (exact) mass is 511 g/mol. The van der Waals surface area contributed by atoms with Crippen molar-refractivity contribution in [2.45, 2.75) is 48.7 Å². The summed E-state index contributed by atoms with van der Waals surface area (Å²) in [5, 5.41) is 0.103. The van der Waals surface area contributed by atoms with Crippen LogP contribution in [0.4, 0.5) is 19.0 Å². The molecule has 0 aliphatic carbocycles. The SMILES string of the molecule is NCc1cc(SN2CCC(F)(F)C2)cc(N2C3CCC2CN(C(=O)c2ccc(F)cc2Cl)C3)n1. The second-order valence-corrected chi connectivity index (χ2v) is 10.6. The highest BCUT2D eigenvalue weighted by Gasteiger charge is 2.43. The number of benzene rings is 1. The van der Waals surface area contributed by atoms with E-state index in [0.717, 1.165) is 29.6 Å². The first-order valence-corrected chi connectivity index (χ1v) is 12.4. The van der Waals surface area contributed by atoms with Gasteiger partial charge >= 0.3 is 0 Å². The summed E-state index contributed by atoms with van der Waals surface area (Å²) in [5.74, 6) is -2.59. The number of piperazine rings is 1. The number of pyridine rings is 1. The normalized spacial score (nSPS) is 24.1. The number of carbonyl (C=O) groups excluding carboxylic acids is 1. The number of nitrogens with zero attached hydrogens (tertiary/aromatic N) is 4. The molecule has 11 heteroatoms. The lowest BCUT2D eigenvalue weighted by molar-refractivity contribution is 0.0190. The average molecular weight is 512 g/mol. The summed E-state index contributed by atoms with van der Waals surface area (Å²) in [5.41, 5.74) is 6.88. The van der Waals surface area contributed by atoms with Crippen molar-refractivity contribution in [3.8, 4) is 0 Å². The molecule has 0 radical (unpaired) electrons. The lowest BCUT2D eigenvalue weighted by atomic mass is 10.1. The number of likely N-dealkylation sites (tertiary alicyclic amines) is 1. The number of nitrogens with two attached hydrogens (primary N) is 1. The van der Waals surface area contributed by atoms with E-state index >= 15 is 0 Å². The largest absolute Gasteiger partial charge is 0.347 e. The number of anilines is 1. The van der Waals surface area contributed by atoms with Gasteiger partial charge < -0.3 is 15.5 Å². The summed E-state index contributed by atoms with van der Waals surface area (Å²) < 4.78 is 42.4. The van der Waals surface area contributed by atoms with Crippen molar-refractivity contribution in [1.82, 2.24) is 14.2 Å². The van der Waals surface area contributed by atoms with Crippen molar-refractivity contribution in [3.63, 3.8) is 0 Å². The molecule has 2 bridgehead atoms. The van der Waals surface area contributed by atoms with Crippen LogP contribution >= 0.6 is 23.5 Å². The summed E-state index contributed by atoms with van der Waals surface area (Å²) in [4.78, 5) is 22.7. The third-order valence-electron chi connectivity index (χ3n) is 6.61. The Kier molecular flexibility index (Phi) is 6.43. The maximum Gasteiger partial charge on any atom is 0.262 e. The van der Waals surface area contributed by atoms with Crippen molar-refractivity contribution in [2.75, 3.05) is 31.1 Å². The van der Waals surface area contributed by atoms with Gasteiger partial charge in [-0.1, -0.05) is 11.6 Å². The highest BCUT2D eigenvalue weighted by atomic mass is 35.5. The molecule has 3 aliphatic rings. The number of hydrogen-bond donors (Lipinski definition) is 1. The quantitative estimate of drug-likeness (QED) is 0.608. The Morgan fingerprint density at radius 2 is 1.94 bits per heavy atom. The van der Waals surface area contributed by atoms with Crippen LogP contribution in [0, 0.1) is 5.82 Å². The molecular weight excluding hydrogens is 487 g/mol. The zero-order valence-corrected chi connectivity index (χ0v) is 20.0. The van der Waals surface area contributed by atoms with Crippen molar-refractivity contribution in [1.29, 1.82) is 0 Å². The highest BCUT2D eigenvalue weighted by molar-refractivity contribution is 7.97. The molecule has 1 aromatic carbocycles. The van der Waals surface area contributed by atoms with Gasteiger partial charge in [0.15, 0.2) is 0 Å². The molecule has 0 saturated carbocycles. The number of aromatic nitrogens is 1. The third-order valence-corrected chi connectivity index (χ3v) is 7.94. The highest BCUT2D eigenvalue weighted by Crippen LogP contribution is 2.39. The summed E-state index contributed by atoms with van der Waals surface area (Å²) in [7, 11) is 0. The van der Waals surface area contributed by atoms with Gasteiger partial charge in [0.1, 0.15) is 11.6 Å². The number of carbonyl (C=O) groups is 1. The van der Waals surface area contributed by atoms with Crippen LogP contribution in [-0.2, 0) is 6.54 Å². The fourth-order valence-electron chi connectivity index (χ4n) is 5.04. The minimum Gasteiger partial charge on any atom is -0.347 e. The fourth-order valence-corrected chi connectivity index (χ4v) is 6.37. The molecule has 3 fully saturated rings. The van der Waals surface area contributed by atoms with E-state index < -0.39 is 11.7 Å². The molecule has 2 N–H and O–H groups in total. The van der Waals surface area contributed by atoms with E-state index in [-0.39, 0.29) is 42.5 Å². The molecule has 2 atom stereocenters. The minimum atomic E-state index is -2.66. The van der Waals surface area contributed by atoms with Crippen LogP contribution in [-0.4, -0.2) is 64.3 Å². The van der Waals surface area contributed by atoms with Crippen molar-refractivity contribution in [3.05, 3.63) is 52.4 Å². The van der Waals surface area contributed by atoms with E-state index in [4.69, 9.17) is 22.3 Å². The van der Waals surface area contributed by atoms with Gasteiger partial charge in [0, 0.05) is 49.6 Å². The van der Waals surface area contributed by atoms with Gasteiger partial charge in [0.25, 0.3) is 11.8 Å². The van der Waals surface area contributed by atoms with Crippen LogP contribution in [0.3, 0.4) is 0 Å². The van der Waals surface area contributed by atoms with E-state index in [1.807, 2.05) is 12.1 Å². The van der Waals surface area contributed by atoms with Crippen molar-refractivity contribution in [2.24, 2.45) is 5.73 Å². The van der Waals surface area contributed by atoms with Gasteiger partial charge in [-0.25, -0.2) is 22.5 Å². The van der Waals surface area contributed by atoms with E-state index in [2.05, 4.69) is 4.90 Å². The summed E-state index contributed by atoms with van der Waals surface area (Å²) in [6.45, 7) is 1.29. The Morgan fingerprint density at radius 3 is 2.56 bits per heavy atom. The van der Waals surface area contributed by atoms with Gasteiger partial charge in [0.05, 0.1) is 22.8 Å². The van der Waals surface area contributed by atoms with Gasteiger partial charge in [0.2, 0.25) is 0 Å². The molecule has 3 saturated heterocycles. The molecule has 34 heavy (non-hydrogen) atoms. The molecule has 3 aliphatic heterocycles. The molecular formula is C23H25ClF3N5OS. The van der Waals surface area contributed by atoms with Crippen LogP contribution in [0.2, 0.25) is 5.02 Å². The second kappa shape index (κ2) is 9.22. The minimum absolute atomic E-state index is 0.0661. The Hall–Kier alpha value is -2.01. The molecule has 1 aromatic heterocycles. The Bertz CT molecular complexity index is 1090. The van der Waals surface area contributed by atoms with Gasteiger partial charge in [-0.15, -0.1) is 0 Å². The Morgan fingerprint density at radius 1 is 1.21 bits per heavy atom. The average Bonchev–Trinajstić information content (AvgIpc) is 3.27. The summed E-state index contributed by atoms with van der Waals surface area (Å²) in [6.07, 6.45) is 1.67. The Balaban J connectivity index is 1.35. The maximum absolute atomic E-state index is 13.6. The van der Waals surface area contributed by atoms with E-state index in [9.17, 15) is 18.0 Å². The van der Waals surface area contributed by atoms with Crippen molar-refractivity contribution >= 4 is 35.3 Å². The second-order valence-electron chi connectivity index (χ2n) is 9.04. The van der Waals surface area contributed by atoms with Crippen LogP contribution in [0.15, 0.2) is 35.2 Å². The van der Waals surface area contributed by atoms with E-state index in [1.54, 1.807) is 9.21 Å². The Labute approximate surface area is 205 Å². The number of rotatable bonds is 5. The lowest BCUT2D eigenvalue weighted by Gasteiger charge is -2.42. The standard InChI is InChI=1S/C23H25ClF3N5OS/c24-20-7-14(25)1-4-19(20)22(33)30-11-16-2-3-17(12-30)32(16)21-9-18(8-15(10-28)29-21)34-31-6-5-23(26,27)13-31/h1,4,7-9,16-17H,2-3,5-6,10-13,28H2. The first-order valence-electron chi connectivity index (χ1n) is 11.3.